The maximum atomic E-state index is 5.94. The lowest BCUT2D eigenvalue weighted by Gasteiger charge is -2.05. The van der Waals surface area contributed by atoms with Crippen LogP contribution in [0.4, 0.5) is 0 Å². The lowest BCUT2D eigenvalue weighted by molar-refractivity contribution is 0.686. The summed E-state index contributed by atoms with van der Waals surface area (Å²) in [7, 11) is 0. The molecule has 88 valence electrons. The largest absolute Gasteiger partial charge is 0.328 e. The van der Waals surface area contributed by atoms with Crippen LogP contribution in [0.2, 0.25) is 5.02 Å². The van der Waals surface area contributed by atoms with E-state index in [9.17, 15) is 0 Å². The average molecular weight is 249 g/mol. The van der Waals surface area contributed by atoms with E-state index in [0.29, 0.717) is 17.3 Å². The van der Waals surface area contributed by atoms with Crippen LogP contribution in [0.1, 0.15) is 12.7 Å². The van der Waals surface area contributed by atoms with Gasteiger partial charge in [-0.25, -0.2) is 4.98 Å². The highest BCUT2D eigenvalue weighted by atomic mass is 35.5. The van der Waals surface area contributed by atoms with Crippen molar-refractivity contribution >= 4 is 11.6 Å². The van der Waals surface area contributed by atoms with E-state index in [-0.39, 0.29) is 6.04 Å². The van der Waals surface area contributed by atoms with Gasteiger partial charge in [-0.15, -0.1) is 5.10 Å². The van der Waals surface area contributed by atoms with Gasteiger partial charge in [-0.3, -0.25) is 0 Å². The molecule has 1 aromatic carbocycles. The smallest absolute Gasteiger partial charge is 0.153 e. The first kappa shape index (κ1) is 12.0. The molecule has 1 heterocycles. The molecule has 0 aliphatic rings. The van der Waals surface area contributed by atoms with Crippen molar-refractivity contribution in [2.45, 2.75) is 19.4 Å². The van der Waals surface area contributed by atoms with E-state index in [1.54, 1.807) is 6.20 Å². The van der Waals surface area contributed by atoms with Gasteiger partial charge in [-0.05, 0) is 19.1 Å². The van der Waals surface area contributed by atoms with Crippen LogP contribution in [-0.4, -0.2) is 21.2 Å². The molecular formula is C12H13ClN4. The summed E-state index contributed by atoms with van der Waals surface area (Å²) in [4.78, 5) is 4.41. The fourth-order valence-corrected chi connectivity index (χ4v) is 1.69. The summed E-state index contributed by atoms with van der Waals surface area (Å²) < 4.78 is 0. The molecule has 0 saturated carbocycles. The Hall–Kier alpha value is -1.52. The molecule has 0 bridgehead atoms. The van der Waals surface area contributed by atoms with Crippen molar-refractivity contribution in [2.24, 2.45) is 5.73 Å². The molecule has 2 rings (SSSR count). The minimum Gasteiger partial charge on any atom is -0.328 e. The molecule has 1 aromatic heterocycles. The monoisotopic (exact) mass is 248 g/mol. The number of aromatic nitrogens is 3. The van der Waals surface area contributed by atoms with E-state index in [1.165, 1.54) is 0 Å². The Labute approximate surface area is 105 Å². The molecule has 2 N–H and O–H groups in total. The van der Waals surface area contributed by atoms with Gasteiger partial charge in [-0.1, -0.05) is 23.7 Å². The zero-order chi connectivity index (χ0) is 12.3. The van der Waals surface area contributed by atoms with Gasteiger partial charge < -0.3 is 5.73 Å². The normalized spacial score (nSPS) is 12.4. The Balaban J connectivity index is 2.33. The number of nitrogens with two attached hydrogens (primary N) is 1. The minimum absolute atomic E-state index is 0.0198. The first-order valence-corrected chi connectivity index (χ1v) is 5.73. The summed E-state index contributed by atoms with van der Waals surface area (Å²) in [5.74, 6) is 0.650. The van der Waals surface area contributed by atoms with Crippen LogP contribution in [0.25, 0.3) is 11.3 Å². The highest BCUT2D eigenvalue weighted by Gasteiger charge is 2.05. The van der Waals surface area contributed by atoms with Gasteiger partial charge in [0.05, 0.1) is 11.9 Å². The highest BCUT2D eigenvalue weighted by molar-refractivity contribution is 6.30. The summed E-state index contributed by atoms with van der Waals surface area (Å²) in [6.45, 7) is 1.91. The zero-order valence-corrected chi connectivity index (χ0v) is 10.2. The molecule has 1 atom stereocenters. The molecular weight excluding hydrogens is 236 g/mol. The Kier molecular flexibility index (Phi) is 3.66. The van der Waals surface area contributed by atoms with E-state index in [4.69, 9.17) is 17.3 Å². The lowest BCUT2D eigenvalue weighted by Crippen LogP contribution is -2.19. The Morgan fingerprint density at radius 3 is 2.94 bits per heavy atom. The van der Waals surface area contributed by atoms with Crippen LogP contribution < -0.4 is 5.73 Å². The SMILES string of the molecule is CC(N)Cc1nncc(-c2cccc(Cl)c2)n1. The van der Waals surface area contributed by atoms with Crippen molar-refractivity contribution in [1.82, 2.24) is 15.2 Å². The first-order chi connectivity index (χ1) is 8.15. The van der Waals surface area contributed by atoms with Crippen LogP contribution in [0.15, 0.2) is 30.5 Å². The van der Waals surface area contributed by atoms with Crippen LogP contribution in [0, 0.1) is 0 Å². The van der Waals surface area contributed by atoms with Crippen molar-refractivity contribution in [2.75, 3.05) is 0 Å². The second-order valence-corrected chi connectivity index (χ2v) is 4.39. The number of hydrogen-bond acceptors (Lipinski definition) is 4. The predicted molar refractivity (Wildman–Crippen MR) is 67.6 cm³/mol. The molecule has 0 radical (unpaired) electrons. The molecule has 4 nitrogen and oxygen atoms in total. The third-order valence-corrected chi connectivity index (χ3v) is 2.46. The lowest BCUT2D eigenvalue weighted by atomic mass is 10.1. The zero-order valence-electron chi connectivity index (χ0n) is 9.47. The fraction of sp³-hybridized carbons (Fsp3) is 0.250. The summed E-state index contributed by atoms with van der Waals surface area (Å²) >= 11 is 5.94. The van der Waals surface area contributed by atoms with Gasteiger partial charge in [0, 0.05) is 23.0 Å². The summed E-state index contributed by atoms with van der Waals surface area (Å²) in [6.07, 6.45) is 2.23. The van der Waals surface area contributed by atoms with E-state index in [2.05, 4.69) is 15.2 Å². The van der Waals surface area contributed by atoms with Gasteiger partial charge in [0.15, 0.2) is 5.82 Å². The van der Waals surface area contributed by atoms with Crippen LogP contribution in [0.5, 0.6) is 0 Å². The summed E-state index contributed by atoms with van der Waals surface area (Å²) in [5.41, 5.74) is 7.40. The Bertz CT molecular complexity index is 513. The fourth-order valence-electron chi connectivity index (χ4n) is 1.50. The molecule has 0 saturated heterocycles. The van der Waals surface area contributed by atoms with Crippen molar-refractivity contribution < 1.29 is 0 Å². The van der Waals surface area contributed by atoms with Gasteiger partial charge in [0.1, 0.15) is 0 Å². The molecule has 5 heteroatoms. The molecule has 1 unspecified atom stereocenters. The minimum atomic E-state index is 0.0198. The quantitative estimate of drug-likeness (QED) is 0.903. The van der Waals surface area contributed by atoms with E-state index >= 15 is 0 Å². The van der Waals surface area contributed by atoms with Crippen molar-refractivity contribution in [3.63, 3.8) is 0 Å². The second-order valence-electron chi connectivity index (χ2n) is 3.95. The summed E-state index contributed by atoms with van der Waals surface area (Å²) in [6, 6.07) is 7.51. The number of hydrogen-bond donors (Lipinski definition) is 1. The van der Waals surface area contributed by atoms with Crippen LogP contribution >= 0.6 is 11.6 Å². The van der Waals surface area contributed by atoms with E-state index in [0.717, 1.165) is 11.3 Å². The van der Waals surface area contributed by atoms with E-state index < -0.39 is 0 Å². The number of benzene rings is 1. The van der Waals surface area contributed by atoms with E-state index in [1.807, 2.05) is 31.2 Å². The molecule has 17 heavy (non-hydrogen) atoms. The maximum Gasteiger partial charge on any atom is 0.153 e. The van der Waals surface area contributed by atoms with Gasteiger partial charge in [0.25, 0.3) is 0 Å². The van der Waals surface area contributed by atoms with Crippen LogP contribution in [-0.2, 0) is 6.42 Å². The van der Waals surface area contributed by atoms with Crippen molar-refractivity contribution in [3.8, 4) is 11.3 Å². The Morgan fingerprint density at radius 2 is 2.24 bits per heavy atom. The molecule has 2 aromatic rings. The topological polar surface area (TPSA) is 64.7 Å². The van der Waals surface area contributed by atoms with Crippen molar-refractivity contribution in [3.05, 3.63) is 41.3 Å². The molecule has 0 aliphatic carbocycles. The summed E-state index contributed by atoms with van der Waals surface area (Å²) in [5, 5.41) is 8.56. The van der Waals surface area contributed by atoms with Gasteiger partial charge in [0.2, 0.25) is 0 Å². The van der Waals surface area contributed by atoms with Crippen LogP contribution in [0.3, 0.4) is 0 Å². The third kappa shape index (κ3) is 3.22. The molecule has 0 spiro atoms. The molecule has 0 fully saturated rings. The maximum absolute atomic E-state index is 5.94. The number of halogens is 1. The van der Waals surface area contributed by atoms with Gasteiger partial charge in [-0.2, -0.15) is 5.10 Å². The first-order valence-electron chi connectivity index (χ1n) is 5.35. The standard InChI is InChI=1S/C12H13ClN4/c1-8(14)5-12-16-11(7-15-17-12)9-3-2-4-10(13)6-9/h2-4,6-8H,5,14H2,1H3. The highest BCUT2D eigenvalue weighted by Crippen LogP contribution is 2.19. The number of nitrogens with zero attached hydrogens (tertiary/aromatic N) is 3. The third-order valence-electron chi connectivity index (χ3n) is 2.23. The number of rotatable bonds is 3. The van der Waals surface area contributed by atoms with Crippen molar-refractivity contribution in [1.29, 1.82) is 0 Å². The molecule has 0 amide bonds. The average Bonchev–Trinajstić information content (AvgIpc) is 2.28. The molecule has 0 aliphatic heterocycles. The Morgan fingerprint density at radius 1 is 1.41 bits per heavy atom. The second kappa shape index (κ2) is 5.21. The van der Waals surface area contributed by atoms with Gasteiger partial charge >= 0.3 is 0 Å². The predicted octanol–water partition coefficient (Wildman–Crippen LogP) is 2.08.